The van der Waals surface area contributed by atoms with Crippen LogP contribution in [0.15, 0.2) is 42.5 Å². The molecule has 0 fully saturated rings. The minimum Gasteiger partial charge on any atom is -0.493 e. The number of carbonyl (C=O) groups excluding carboxylic acids is 1. The fourth-order valence-electron chi connectivity index (χ4n) is 2.60. The number of hydrogen-bond acceptors (Lipinski definition) is 6. The molecule has 0 aliphatic rings. The molecule has 1 amide bonds. The molecule has 0 radical (unpaired) electrons. The van der Waals surface area contributed by atoms with Gasteiger partial charge < -0.3 is 19.5 Å². The summed E-state index contributed by atoms with van der Waals surface area (Å²) in [4.78, 5) is 16.8. The summed E-state index contributed by atoms with van der Waals surface area (Å²) in [6, 6.07) is 10.8. The largest absolute Gasteiger partial charge is 0.493 e. The van der Waals surface area contributed by atoms with E-state index in [-0.39, 0.29) is 11.6 Å². The number of ether oxygens (including phenoxy) is 3. The summed E-state index contributed by atoms with van der Waals surface area (Å²) in [7, 11) is 3.11. The van der Waals surface area contributed by atoms with Gasteiger partial charge in [-0.1, -0.05) is 0 Å². The fourth-order valence-corrected chi connectivity index (χ4v) is 2.60. The van der Waals surface area contributed by atoms with Crippen LogP contribution in [0.2, 0.25) is 0 Å². The fraction of sp³-hybridized carbons (Fsp3) is 0.250. The Morgan fingerprint density at radius 3 is 2.55 bits per heavy atom. The van der Waals surface area contributed by atoms with Crippen molar-refractivity contribution in [3.05, 3.63) is 59.9 Å². The average molecular weight is 400 g/mol. The second-order valence-corrected chi connectivity index (χ2v) is 6.03. The van der Waals surface area contributed by atoms with Gasteiger partial charge in [-0.2, -0.15) is 0 Å². The van der Waals surface area contributed by atoms with Crippen molar-refractivity contribution in [2.24, 2.45) is 0 Å². The SMILES string of the molecule is COCCOc1cc(NC(=O)c2nc(C)n(-c3ccc(F)cc3)n2)ccc1OC. The van der Waals surface area contributed by atoms with E-state index >= 15 is 0 Å². The van der Waals surface area contributed by atoms with Crippen LogP contribution >= 0.6 is 0 Å². The molecule has 0 spiro atoms. The maximum atomic E-state index is 13.1. The zero-order valence-electron chi connectivity index (χ0n) is 16.3. The van der Waals surface area contributed by atoms with E-state index in [0.717, 1.165) is 0 Å². The van der Waals surface area contributed by atoms with Gasteiger partial charge in [0.15, 0.2) is 11.5 Å². The van der Waals surface area contributed by atoms with Crippen LogP contribution in [0.3, 0.4) is 0 Å². The van der Waals surface area contributed by atoms with E-state index in [4.69, 9.17) is 14.2 Å². The minimum atomic E-state index is -0.484. The van der Waals surface area contributed by atoms with Crippen molar-refractivity contribution in [1.29, 1.82) is 0 Å². The molecule has 152 valence electrons. The van der Waals surface area contributed by atoms with Crippen LogP contribution in [0.1, 0.15) is 16.4 Å². The van der Waals surface area contributed by atoms with Gasteiger partial charge in [-0.25, -0.2) is 14.1 Å². The van der Waals surface area contributed by atoms with E-state index in [0.29, 0.717) is 41.9 Å². The Kier molecular flexibility index (Phi) is 6.40. The van der Waals surface area contributed by atoms with E-state index < -0.39 is 5.91 Å². The third-order valence-corrected chi connectivity index (χ3v) is 4.01. The van der Waals surface area contributed by atoms with E-state index in [9.17, 15) is 9.18 Å². The summed E-state index contributed by atoms with van der Waals surface area (Å²) in [5.41, 5.74) is 1.10. The maximum Gasteiger partial charge on any atom is 0.295 e. The minimum absolute atomic E-state index is 0.00973. The molecule has 2 aromatic carbocycles. The Morgan fingerprint density at radius 1 is 1.10 bits per heavy atom. The molecule has 3 rings (SSSR count). The molecule has 29 heavy (non-hydrogen) atoms. The van der Waals surface area contributed by atoms with Crippen molar-refractivity contribution in [3.63, 3.8) is 0 Å². The Hall–Kier alpha value is -3.46. The molecule has 0 aliphatic carbocycles. The number of aryl methyl sites for hydroxylation is 1. The third-order valence-electron chi connectivity index (χ3n) is 4.01. The van der Waals surface area contributed by atoms with E-state index in [1.165, 1.54) is 23.9 Å². The number of methoxy groups -OCH3 is 2. The van der Waals surface area contributed by atoms with Gasteiger partial charge in [0.05, 0.1) is 19.4 Å². The molecule has 0 atom stereocenters. The number of carbonyl (C=O) groups is 1. The molecule has 0 bridgehead atoms. The van der Waals surface area contributed by atoms with Gasteiger partial charge in [0.1, 0.15) is 18.2 Å². The van der Waals surface area contributed by atoms with Crippen LogP contribution in [0.5, 0.6) is 11.5 Å². The van der Waals surface area contributed by atoms with E-state index in [2.05, 4.69) is 15.4 Å². The number of benzene rings is 2. The summed E-state index contributed by atoms with van der Waals surface area (Å²) in [5, 5.41) is 6.96. The number of aromatic nitrogens is 3. The predicted octanol–water partition coefficient (Wildman–Crippen LogP) is 3.00. The lowest BCUT2D eigenvalue weighted by Crippen LogP contribution is -2.14. The molecule has 1 N–H and O–H groups in total. The number of nitrogens with zero attached hydrogens (tertiary/aromatic N) is 3. The molecule has 1 heterocycles. The Bertz CT molecular complexity index is 989. The molecule has 0 aliphatic heterocycles. The first-order valence-electron chi connectivity index (χ1n) is 8.82. The Balaban J connectivity index is 1.77. The van der Waals surface area contributed by atoms with Crippen LogP contribution in [0, 0.1) is 12.7 Å². The highest BCUT2D eigenvalue weighted by Crippen LogP contribution is 2.30. The van der Waals surface area contributed by atoms with Crippen LogP contribution < -0.4 is 14.8 Å². The predicted molar refractivity (Wildman–Crippen MR) is 104 cm³/mol. The second-order valence-electron chi connectivity index (χ2n) is 6.03. The van der Waals surface area contributed by atoms with Gasteiger partial charge in [-0.3, -0.25) is 4.79 Å². The van der Waals surface area contributed by atoms with Gasteiger partial charge in [0.2, 0.25) is 5.82 Å². The topological polar surface area (TPSA) is 87.5 Å². The molecule has 3 aromatic rings. The van der Waals surface area contributed by atoms with Crippen molar-refractivity contribution in [3.8, 4) is 17.2 Å². The maximum absolute atomic E-state index is 13.1. The lowest BCUT2D eigenvalue weighted by molar-refractivity contribution is 0.101. The zero-order chi connectivity index (χ0) is 20.8. The number of anilines is 1. The zero-order valence-corrected chi connectivity index (χ0v) is 16.3. The standard InChI is InChI=1S/C20H21FN4O4/c1-13-22-19(24-25(13)16-7-4-14(21)5-8-16)20(26)23-15-6-9-17(28-3)18(12-15)29-11-10-27-2/h4-9,12H,10-11H2,1-3H3,(H,23,26). The lowest BCUT2D eigenvalue weighted by Gasteiger charge is -2.12. The van der Waals surface area contributed by atoms with Crippen molar-refractivity contribution < 1.29 is 23.4 Å². The molecule has 0 unspecified atom stereocenters. The monoisotopic (exact) mass is 400 g/mol. The van der Waals surface area contributed by atoms with Gasteiger partial charge >= 0.3 is 0 Å². The highest BCUT2D eigenvalue weighted by atomic mass is 19.1. The summed E-state index contributed by atoms with van der Waals surface area (Å²) >= 11 is 0. The molecule has 0 saturated heterocycles. The lowest BCUT2D eigenvalue weighted by atomic mass is 10.2. The van der Waals surface area contributed by atoms with Crippen molar-refractivity contribution in [2.75, 3.05) is 32.8 Å². The van der Waals surface area contributed by atoms with Gasteiger partial charge in [0.25, 0.3) is 5.91 Å². The first-order valence-corrected chi connectivity index (χ1v) is 8.82. The second kappa shape index (κ2) is 9.16. The highest BCUT2D eigenvalue weighted by Gasteiger charge is 2.16. The Morgan fingerprint density at radius 2 is 1.86 bits per heavy atom. The van der Waals surface area contributed by atoms with Crippen LogP contribution in [-0.2, 0) is 4.74 Å². The number of halogens is 1. The average Bonchev–Trinajstić information content (AvgIpc) is 3.11. The van der Waals surface area contributed by atoms with Crippen LogP contribution in [0.4, 0.5) is 10.1 Å². The van der Waals surface area contributed by atoms with Gasteiger partial charge in [-0.05, 0) is 43.3 Å². The summed E-state index contributed by atoms with van der Waals surface area (Å²) in [5.74, 6) is 0.663. The van der Waals surface area contributed by atoms with E-state index in [1.807, 2.05) is 0 Å². The number of amides is 1. The molecular weight excluding hydrogens is 379 g/mol. The smallest absolute Gasteiger partial charge is 0.295 e. The van der Waals surface area contributed by atoms with E-state index in [1.54, 1.807) is 44.4 Å². The molecule has 1 aromatic heterocycles. The van der Waals surface area contributed by atoms with Gasteiger partial charge in [-0.15, -0.1) is 5.10 Å². The van der Waals surface area contributed by atoms with Crippen molar-refractivity contribution in [2.45, 2.75) is 6.92 Å². The first-order chi connectivity index (χ1) is 14.0. The third kappa shape index (κ3) is 4.88. The van der Waals surface area contributed by atoms with Crippen LogP contribution in [-0.4, -0.2) is 48.1 Å². The van der Waals surface area contributed by atoms with Crippen LogP contribution in [0.25, 0.3) is 5.69 Å². The van der Waals surface area contributed by atoms with Gasteiger partial charge in [0, 0.05) is 18.9 Å². The highest BCUT2D eigenvalue weighted by molar-refractivity contribution is 6.01. The molecule has 8 nitrogen and oxygen atoms in total. The molecule has 0 saturated carbocycles. The number of rotatable bonds is 8. The number of hydrogen-bond donors (Lipinski definition) is 1. The molecule has 9 heteroatoms. The first kappa shape index (κ1) is 20.3. The Labute approximate surface area is 167 Å². The summed E-state index contributed by atoms with van der Waals surface area (Å²) in [6.45, 7) is 2.47. The number of nitrogens with one attached hydrogen (secondary N) is 1. The van der Waals surface area contributed by atoms with Crippen molar-refractivity contribution in [1.82, 2.24) is 14.8 Å². The quantitative estimate of drug-likeness (QED) is 0.585. The summed E-state index contributed by atoms with van der Waals surface area (Å²) in [6.07, 6.45) is 0. The normalized spacial score (nSPS) is 10.6. The summed E-state index contributed by atoms with van der Waals surface area (Å²) < 4.78 is 30.5. The molecular formula is C20H21FN4O4. The van der Waals surface area contributed by atoms with Crippen molar-refractivity contribution >= 4 is 11.6 Å².